The molecule has 0 aromatic heterocycles. The highest BCUT2D eigenvalue weighted by Crippen LogP contribution is 2.10. The van der Waals surface area contributed by atoms with E-state index in [4.69, 9.17) is 0 Å². The number of hydrogen-bond donors (Lipinski definition) is 0. The summed E-state index contributed by atoms with van der Waals surface area (Å²) in [6.07, 6.45) is 5.90. The molecule has 15 heavy (non-hydrogen) atoms. The maximum atomic E-state index is 2.44. The first-order chi connectivity index (χ1) is 7.17. The Labute approximate surface area is 108 Å². The molecule has 82 valence electrons. The molecule has 0 fully saturated rings. The summed E-state index contributed by atoms with van der Waals surface area (Å²) in [6.45, 7) is 4.88. The molecule has 0 saturated carbocycles. The van der Waals surface area contributed by atoms with Crippen LogP contribution in [0, 0.1) is 0 Å². The molecule has 0 aliphatic rings. The fourth-order valence-corrected chi connectivity index (χ4v) is 4.01. The van der Waals surface area contributed by atoms with Crippen LogP contribution in [0.1, 0.15) is 6.42 Å². The summed E-state index contributed by atoms with van der Waals surface area (Å²) in [6, 6.07) is 12.2. The molecule has 0 aliphatic heterocycles. The molecule has 0 N–H and O–H groups in total. The minimum absolute atomic E-state index is 1.21. The van der Waals surface area contributed by atoms with Gasteiger partial charge in [0.1, 0.15) is 0 Å². The predicted octanol–water partition coefficient (Wildman–Crippen LogP) is 3.98. The van der Waals surface area contributed by atoms with Gasteiger partial charge in [0.15, 0.2) is 0 Å². The average molecular weight is 330 g/mol. The number of rotatable bonds is 5. The first kappa shape index (κ1) is 13.0. The molecular weight excluding hydrogens is 311 g/mol. The second-order valence-electron chi connectivity index (χ2n) is 4.40. The lowest BCUT2D eigenvalue weighted by atomic mass is 10.4. The molecule has 0 atom stereocenters. The second kappa shape index (κ2) is 6.48. The summed E-state index contributed by atoms with van der Waals surface area (Å²) in [5, 5.41) is 1.56. The van der Waals surface area contributed by atoms with Crippen LogP contribution in [0.3, 0.4) is 0 Å². The van der Waals surface area contributed by atoms with Gasteiger partial charge in [-0.1, -0.05) is 83.4 Å². The highest BCUT2D eigenvalue weighted by atomic mass is 127. The van der Waals surface area contributed by atoms with Gasteiger partial charge < -0.3 is 0 Å². The van der Waals surface area contributed by atoms with Gasteiger partial charge in [0, 0.05) is 4.43 Å². The van der Waals surface area contributed by atoms with Crippen LogP contribution in [-0.2, 0) is 0 Å². The third kappa shape index (κ3) is 4.51. The van der Waals surface area contributed by atoms with Gasteiger partial charge in [-0.2, -0.15) is 0 Å². The van der Waals surface area contributed by atoms with Crippen molar-refractivity contribution in [3.05, 3.63) is 42.5 Å². The van der Waals surface area contributed by atoms with E-state index in [1.54, 1.807) is 5.19 Å². The quantitative estimate of drug-likeness (QED) is 0.331. The van der Waals surface area contributed by atoms with Gasteiger partial charge in [-0.05, 0) is 12.5 Å². The van der Waals surface area contributed by atoms with E-state index >= 15 is 0 Å². The summed E-state index contributed by atoms with van der Waals surface area (Å²) in [5.74, 6) is 0. The van der Waals surface area contributed by atoms with Crippen LogP contribution in [0.25, 0.3) is 0 Å². The Balaban J connectivity index is 2.59. The lowest BCUT2D eigenvalue weighted by molar-refractivity contribution is 1.26. The topological polar surface area (TPSA) is 0 Å². The molecular formula is C13H19ISi. The molecule has 0 heterocycles. The van der Waals surface area contributed by atoms with E-state index in [-0.39, 0.29) is 0 Å². The van der Waals surface area contributed by atoms with Gasteiger partial charge >= 0.3 is 0 Å². The van der Waals surface area contributed by atoms with Gasteiger partial charge in [0.25, 0.3) is 0 Å². The monoisotopic (exact) mass is 330 g/mol. The minimum atomic E-state index is -1.22. The van der Waals surface area contributed by atoms with Crippen molar-refractivity contribution in [1.82, 2.24) is 0 Å². The second-order valence-corrected chi connectivity index (χ2v) is 10.2. The lowest BCUT2D eigenvalue weighted by Crippen LogP contribution is -2.40. The maximum Gasteiger partial charge on any atom is 0.0843 e. The largest absolute Gasteiger partial charge is 0.0909 e. The maximum absolute atomic E-state index is 2.44. The van der Waals surface area contributed by atoms with Crippen molar-refractivity contribution in [3.63, 3.8) is 0 Å². The summed E-state index contributed by atoms with van der Waals surface area (Å²) in [7, 11) is -1.22. The number of hydrogen-bond acceptors (Lipinski definition) is 0. The van der Waals surface area contributed by atoms with E-state index in [2.05, 4.69) is 78.2 Å². The minimum Gasteiger partial charge on any atom is -0.0909 e. The fraction of sp³-hybridized carbons (Fsp3) is 0.385. The lowest BCUT2D eigenvalue weighted by Gasteiger charge is -2.20. The third-order valence-corrected chi connectivity index (χ3v) is 6.40. The molecule has 1 aromatic carbocycles. The Hall–Kier alpha value is -0.0931. The summed E-state index contributed by atoms with van der Waals surface area (Å²) >= 11 is 2.42. The van der Waals surface area contributed by atoms with Crippen molar-refractivity contribution in [3.8, 4) is 0 Å². The average Bonchev–Trinajstić information content (AvgIpc) is 2.26. The van der Waals surface area contributed by atoms with Crippen LogP contribution >= 0.6 is 22.6 Å². The normalized spacial score (nSPS) is 12.2. The van der Waals surface area contributed by atoms with Gasteiger partial charge in [0.05, 0.1) is 8.07 Å². The number of alkyl halides is 1. The van der Waals surface area contributed by atoms with Gasteiger partial charge in [0.2, 0.25) is 0 Å². The van der Waals surface area contributed by atoms with E-state index in [9.17, 15) is 0 Å². The highest BCUT2D eigenvalue weighted by Gasteiger charge is 2.20. The predicted molar refractivity (Wildman–Crippen MR) is 81.0 cm³/mol. The Kier molecular flexibility index (Phi) is 5.61. The molecule has 1 aromatic rings. The zero-order chi connectivity index (χ0) is 11.1. The standard InChI is InChI=1S/C13H19ISi/c1-15(2,12-8-4-7-11-14)13-9-5-3-6-10-13/h3-6,8-10H,7,11-12H2,1-2H3/b8-4+. The molecule has 2 heteroatoms. The molecule has 0 bridgehead atoms. The molecule has 0 aliphatic carbocycles. The smallest absolute Gasteiger partial charge is 0.0843 e. The van der Waals surface area contributed by atoms with Crippen LogP contribution in [-0.4, -0.2) is 12.5 Å². The summed E-state index contributed by atoms with van der Waals surface area (Å²) in [4.78, 5) is 0. The van der Waals surface area contributed by atoms with E-state index in [1.165, 1.54) is 16.9 Å². The summed E-state index contributed by atoms with van der Waals surface area (Å²) < 4.78 is 1.22. The molecule has 0 radical (unpaired) electrons. The number of benzene rings is 1. The van der Waals surface area contributed by atoms with Gasteiger partial charge in [-0.3, -0.25) is 0 Å². The third-order valence-electron chi connectivity index (χ3n) is 2.63. The van der Waals surface area contributed by atoms with Crippen LogP contribution in [0.4, 0.5) is 0 Å². The van der Waals surface area contributed by atoms with Crippen molar-refractivity contribution < 1.29 is 0 Å². The molecule has 0 amide bonds. The highest BCUT2D eigenvalue weighted by molar-refractivity contribution is 14.1. The van der Waals surface area contributed by atoms with E-state index in [0.29, 0.717) is 0 Å². The summed E-state index contributed by atoms with van der Waals surface area (Å²) in [5.41, 5.74) is 0. The Morgan fingerprint density at radius 1 is 1.13 bits per heavy atom. The zero-order valence-corrected chi connectivity index (χ0v) is 12.7. The first-order valence-electron chi connectivity index (χ1n) is 5.43. The fourth-order valence-electron chi connectivity index (χ4n) is 1.57. The van der Waals surface area contributed by atoms with Crippen LogP contribution in [0.2, 0.25) is 19.1 Å². The Morgan fingerprint density at radius 2 is 1.80 bits per heavy atom. The van der Waals surface area contributed by atoms with Gasteiger partial charge in [-0.25, -0.2) is 0 Å². The van der Waals surface area contributed by atoms with Crippen molar-refractivity contribution >= 4 is 35.9 Å². The van der Waals surface area contributed by atoms with Crippen LogP contribution in [0.5, 0.6) is 0 Å². The Bertz CT molecular complexity index is 304. The zero-order valence-electron chi connectivity index (χ0n) is 9.54. The molecule has 0 nitrogen and oxygen atoms in total. The van der Waals surface area contributed by atoms with Crippen molar-refractivity contribution in [2.75, 3.05) is 4.43 Å². The van der Waals surface area contributed by atoms with E-state index in [1.807, 2.05) is 0 Å². The molecule has 0 saturated heterocycles. The number of halogens is 1. The Morgan fingerprint density at radius 3 is 2.40 bits per heavy atom. The van der Waals surface area contributed by atoms with Crippen molar-refractivity contribution in [1.29, 1.82) is 0 Å². The first-order valence-corrected chi connectivity index (χ1v) is 10.2. The molecule has 1 rings (SSSR count). The molecule has 0 unspecified atom stereocenters. The SMILES string of the molecule is C[Si](C)(C/C=C/CCI)c1ccccc1. The molecule has 0 spiro atoms. The van der Waals surface area contributed by atoms with Crippen molar-refractivity contribution in [2.45, 2.75) is 25.6 Å². The van der Waals surface area contributed by atoms with E-state index in [0.717, 1.165) is 0 Å². The van der Waals surface area contributed by atoms with E-state index < -0.39 is 8.07 Å². The van der Waals surface area contributed by atoms with Gasteiger partial charge in [-0.15, -0.1) is 0 Å². The number of allylic oxidation sites excluding steroid dienone is 2. The van der Waals surface area contributed by atoms with Crippen molar-refractivity contribution in [2.24, 2.45) is 0 Å². The van der Waals surface area contributed by atoms with Crippen LogP contribution < -0.4 is 5.19 Å². The van der Waals surface area contributed by atoms with Crippen LogP contribution in [0.15, 0.2) is 42.5 Å².